The first-order valence-corrected chi connectivity index (χ1v) is 4.22. The van der Waals surface area contributed by atoms with Crippen LogP contribution in [0.2, 0.25) is 0 Å². The molecule has 0 aliphatic heterocycles. The zero-order chi connectivity index (χ0) is 10.6. The van der Waals surface area contributed by atoms with E-state index in [0.717, 1.165) is 0 Å². The molecule has 0 saturated carbocycles. The summed E-state index contributed by atoms with van der Waals surface area (Å²) in [6, 6.07) is 8.26. The summed E-state index contributed by atoms with van der Waals surface area (Å²) in [5, 5.41) is 27.0. The molecule has 76 valence electrons. The zero-order valence-electron chi connectivity index (χ0n) is 7.50. The van der Waals surface area contributed by atoms with E-state index in [1.165, 1.54) is 0 Å². The van der Waals surface area contributed by atoms with Gasteiger partial charge in [0.25, 0.3) is 0 Å². The Morgan fingerprint density at radius 3 is 2.29 bits per heavy atom. The normalized spacial score (nSPS) is 14.8. The van der Waals surface area contributed by atoms with Crippen LogP contribution in [0, 0.1) is 0 Å². The molecule has 0 fully saturated rings. The van der Waals surface area contributed by atoms with Crippen molar-refractivity contribution < 1.29 is 20.1 Å². The molecule has 0 aromatic heterocycles. The minimum Gasteiger partial charge on any atom is -0.393 e. The number of hydrogen-bond donors (Lipinski definition) is 3. The molecule has 3 N–H and O–H groups in total. The lowest BCUT2D eigenvalue weighted by molar-refractivity contribution is -0.137. The van der Waals surface area contributed by atoms with Crippen molar-refractivity contribution in [3.63, 3.8) is 0 Å². The van der Waals surface area contributed by atoms with Crippen LogP contribution in [0.1, 0.15) is 11.7 Å². The van der Waals surface area contributed by atoms with Crippen molar-refractivity contribution in [2.75, 3.05) is 6.61 Å². The summed E-state index contributed by atoms with van der Waals surface area (Å²) in [7, 11) is 0. The van der Waals surface area contributed by atoms with Gasteiger partial charge in [0.2, 0.25) is 0 Å². The van der Waals surface area contributed by atoms with Gasteiger partial charge in [-0.3, -0.25) is 4.79 Å². The molecule has 0 spiro atoms. The first-order valence-electron chi connectivity index (χ1n) is 4.22. The Labute approximate surface area is 81.4 Å². The number of benzene rings is 1. The second-order valence-corrected chi connectivity index (χ2v) is 2.91. The Morgan fingerprint density at radius 1 is 1.21 bits per heavy atom. The predicted octanol–water partition coefficient (Wildman–Crippen LogP) is -0.358. The molecule has 4 nitrogen and oxygen atoms in total. The quantitative estimate of drug-likeness (QED) is 0.614. The number of Topliss-reactive ketones (excluding diaryl/α,β-unsaturated/α-hetero) is 1. The van der Waals surface area contributed by atoms with Crippen LogP contribution in [0.3, 0.4) is 0 Å². The van der Waals surface area contributed by atoms with Crippen LogP contribution in [0.4, 0.5) is 0 Å². The molecule has 14 heavy (non-hydrogen) atoms. The summed E-state index contributed by atoms with van der Waals surface area (Å²) in [6.45, 7) is -0.678. The number of carbonyl (C=O) groups excluding carboxylic acids is 1. The van der Waals surface area contributed by atoms with Gasteiger partial charge in [0.05, 0.1) is 6.61 Å². The van der Waals surface area contributed by atoms with E-state index in [1.54, 1.807) is 30.3 Å². The Balaban J connectivity index is 2.76. The highest BCUT2D eigenvalue weighted by atomic mass is 16.3. The fourth-order valence-electron chi connectivity index (χ4n) is 1.07. The number of rotatable bonds is 4. The van der Waals surface area contributed by atoms with Crippen molar-refractivity contribution in [1.29, 1.82) is 0 Å². The Bertz CT molecular complexity index is 296. The van der Waals surface area contributed by atoms with Crippen LogP contribution >= 0.6 is 0 Å². The molecule has 0 heterocycles. The molecule has 1 aromatic carbocycles. The molecular formula is C10H12O4. The summed E-state index contributed by atoms with van der Waals surface area (Å²) in [5.74, 6) is -0.793. The SMILES string of the molecule is O=C(C(O)CO)C(O)c1ccccc1. The summed E-state index contributed by atoms with van der Waals surface area (Å²) < 4.78 is 0. The standard InChI is InChI=1S/C10H12O4/c11-6-8(12)10(14)9(13)7-4-2-1-3-5-7/h1-5,8-9,11-13H,6H2. The summed E-state index contributed by atoms with van der Waals surface area (Å²) >= 11 is 0. The smallest absolute Gasteiger partial charge is 0.196 e. The molecule has 0 amide bonds. The average Bonchev–Trinajstić information content (AvgIpc) is 2.27. The van der Waals surface area contributed by atoms with Crippen LogP contribution in [-0.2, 0) is 4.79 Å². The molecule has 1 rings (SSSR count). The van der Waals surface area contributed by atoms with Crippen molar-refractivity contribution in [2.45, 2.75) is 12.2 Å². The van der Waals surface area contributed by atoms with Crippen LogP contribution in [0.5, 0.6) is 0 Å². The lowest BCUT2D eigenvalue weighted by atomic mass is 10.0. The lowest BCUT2D eigenvalue weighted by Gasteiger charge is -2.12. The van der Waals surface area contributed by atoms with E-state index in [1.807, 2.05) is 0 Å². The molecule has 0 saturated heterocycles. The van der Waals surface area contributed by atoms with Gasteiger partial charge in [0.15, 0.2) is 5.78 Å². The van der Waals surface area contributed by atoms with E-state index >= 15 is 0 Å². The third-order valence-corrected chi connectivity index (χ3v) is 1.89. The molecule has 0 aliphatic carbocycles. The summed E-state index contributed by atoms with van der Waals surface area (Å²) in [6.07, 6.45) is -2.90. The van der Waals surface area contributed by atoms with Crippen molar-refractivity contribution in [1.82, 2.24) is 0 Å². The zero-order valence-corrected chi connectivity index (χ0v) is 7.50. The monoisotopic (exact) mass is 196 g/mol. The number of aliphatic hydroxyl groups excluding tert-OH is 3. The van der Waals surface area contributed by atoms with Gasteiger partial charge in [-0.05, 0) is 5.56 Å². The van der Waals surface area contributed by atoms with Gasteiger partial charge >= 0.3 is 0 Å². The number of aliphatic hydroxyl groups is 3. The van der Waals surface area contributed by atoms with E-state index in [-0.39, 0.29) is 0 Å². The average molecular weight is 196 g/mol. The topological polar surface area (TPSA) is 77.8 Å². The van der Waals surface area contributed by atoms with Crippen molar-refractivity contribution in [3.8, 4) is 0 Å². The fourth-order valence-corrected chi connectivity index (χ4v) is 1.07. The molecular weight excluding hydrogens is 184 g/mol. The first-order chi connectivity index (χ1) is 6.66. The number of carbonyl (C=O) groups is 1. The van der Waals surface area contributed by atoms with Crippen LogP contribution < -0.4 is 0 Å². The highest BCUT2D eigenvalue weighted by Gasteiger charge is 2.23. The Morgan fingerprint density at radius 2 is 1.79 bits per heavy atom. The number of hydrogen-bond acceptors (Lipinski definition) is 4. The fraction of sp³-hybridized carbons (Fsp3) is 0.300. The van der Waals surface area contributed by atoms with E-state index in [9.17, 15) is 9.90 Å². The van der Waals surface area contributed by atoms with Gasteiger partial charge in [-0.1, -0.05) is 30.3 Å². The lowest BCUT2D eigenvalue weighted by Crippen LogP contribution is -2.29. The summed E-state index contributed by atoms with van der Waals surface area (Å²) in [5.41, 5.74) is 0.407. The molecule has 0 aliphatic rings. The van der Waals surface area contributed by atoms with Crippen molar-refractivity contribution in [3.05, 3.63) is 35.9 Å². The van der Waals surface area contributed by atoms with Crippen LogP contribution in [0.25, 0.3) is 0 Å². The maximum Gasteiger partial charge on any atom is 0.196 e. The minimum atomic E-state index is -1.52. The first kappa shape index (κ1) is 10.8. The second kappa shape index (κ2) is 4.85. The Kier molecular flexibility index (Phi) is 3.76. The van der Waals surface area contributed by atoms with Gasteiger partial charge in [0.1, 0.15) is 12.2 Å². The molecule has 1 aromatic rings. The maximum absolute atomic E-state index is 11.2. The minimum absolute atomic E-state index is 0.407. The van der Waals surface area contributed by atoms with E-state index in [0.29, 0.717) is 5.56 Å². The molecule has 2 atom stereocenters. The maximum atomic E-state index is 11.2. The van der Waals surface area contributed by atoms with Gasteiger partial charge < -0.3 is 15.3 Å². The highest BCUT2D eigenvalue weighted by Crippen LogP contribution is 2.14. The van der Waals surface area contributed by atoms with E-state index in [2.05, 4.69) is 0 Å². The third kappa shape index (κ3) is 2.38. The van der Waals surface area contributed by atoms with Gasteiger partial charge in [0, 0.05) is 0 Å². The third-order valence-electron chi connectivity index (χ3n) is 1.89. The summed E-state index contributed by atoms with van der Waals surface area (Å²) in [4.78, 5) is 11.2. The van der Waals surface area contributed by atoms with Crippen molar-refractivity contribution in [2.24, 2.45) is 0 Å². The molecule has 2 unspecified atom stereocenters. The molecule has 0 radical (unpaired) electrons. The predicted molar refractivity (Wildman–Crippen MR) is 49.5 cm³/mol. The molecule has 0 bridgehead atoms. The van der Waals surface area contributed by atoms with Crippen LogP contribution in [0.15, 0.2) is 30.3 Å². The van der Waals surface area contributed by atoms with E-state index < -0.39 is 24.6 Å². The van der Waals surface area contributed by atoms with E-state index in [4.69, 9.17) is 10.2 Å². The largest absolute Gasteiger partial charge is 0.393 e. The van der Waals surface area contributed by atoms with Crippen LogP contribution in [-0.4, -0.2) is 33.8 Å². The second-order valence-electron chi connectivity index (χ2n) is 2.91. The molecule has 4 heteroatoms. The Hall–Kier alpha value is -1.23. The van der Waals surface area contributed by atoms with Crippen molar-refractivity contribution >= 4 is 5.78 Å². The van der Waals surface area contributed by atoms with Gasteiger partial charge in [-0.2, -0.15) is 0 Å². The van der Waals surface area contributed by atoms with Gasteiger partial charge in [-0.15, -0.1) is 0 Å². The number of ketones is 1. The highest BCUT2D eigenvalue weighted by molar-refractivity contribution is 5.88. The van der Waals surface area contributed by atoms with Gasteiger partial charge in [-0.25, -0.2) is 0 Å².